The van der Waals surface area contributed by atoms with Crippen molar-refractivity contribution in [3.05, 3.63) is 60.2 Å². The summed E-state index contributed by atoms with van der Waals surface area (Å²) < 4.78 is 5.24. The Morgan fingerprint density at radius 3 is 2.42 bits per heavy atom. The predicted molar refractivity (Wildman–Crippen MR) is 95.5 cm³/mol. The van der Waals surface area contributed by atoms with Gasteiger partial charge in [-0.3, -0.25) is 4.79 Å². The summed E-state index contributed by atoms with van der Waals surface area (Å²) in [6.07, 6.45) is 1.71. The minimum atomic E-state index is -0.432. The van der Waals surface area contributed by atoms with Crippen LogP contribution in [0.2, 0.25) is 0 Å². The van der Waals surface area contributed by atoms with Gasteiger partial charge >= 0.3 is 7.41 Å². The highest BCUT2D eigenvalue weighted by molar-refractivity contribution is 6.66. The first kappa shape index (κ1) is 16.5. The van der Waals surface area contributed by atoms with Crippen LogP contribution >= 0.6 is 0 Å². The molecule has 1 fully saturated rings. The van der Waals surface area contributed by atoms with Crippen LogP contribution < -0.4 is 0 Å². The highest BCUT2D eigenvalue weighted by Gasteiger charge is 2.39. The van der Waals surface area contributed by atoms with Crippen LogP contribution in [-0.2, 0) is 20.7 Å². The number of rotatable bonds is 6. The highest BCUT2D eigenvalue weighted by Crippen LogP contribution is 2.25. The van der Waals surface area contributed by atoms with Crippen molar-refractivity contribution in [2.45, 2.75) is 25.0 Å². The topological polar surface area (TPSA) is 46.6 Å². The normalized spacial score (nSPS) is 20.2. The number of benzene rings is 2. The van der Waals surface area contributed by atoms with Crippen LogP contribution in [-0.4, -0.2) is 43.6 Å². The lowest BCUT2D eigenvalue weighted by Gasteiger charge is -2.22. The Morgan fingerprint density at radius 1 is 1.12 bits per heavy atom. The van der Waals surface area contributed by atoms with Crippen LogP contribution in [0.4, 0.5) is 0 Å². The Kier molecular flexibility index (Phi) is 5.11. The van der Waals surface area contributed by atoms with Crippen LogP contribution in [0.25, 0.3) is 11.1 Å². The molecule has 1 aliphatic heterocycles. The zero-order valence-corrected chi connectivity index (χ0v) is 13.7. The first-order valence-corrected chi connectivity index (χ1v) is 8.14. The molecule has 1 saturated heterocycles. The van der Waals surface area contributed by atoms with E-state index >= 15 is 0 Å². The molecule has 0 aromatic heterocycles. The van der Waals surface area contributed by atoms with E-state index in [0.29, 0.717) is 6.42 Å². The van der Waals surface area contributed by atoms with Gasteiger partial charge in [-0.2, -0.15) is 0 Å². The lowest BCUT2D eigenvalue weighted by molar-refractivity contribution is -0.132. The van der Waals surface area contributed by atoms with E-state index < -0.39 is 6.10 Å². The Balaban J connectivity index is 1.73. The van der Waals surface area contributed by atoms with Gasteiger partial charge in [0.2, 0.25) is 5.91 Å². The van der Waals surface area contributed by atoms with Gasteiger partial charge < -0.3 is 14.3 Å². The van der Waals surface area contributed by atoms with Crippen molar-refractivity contribution in [3.63, 3.8) is 0 Å². The third-order valence-corrected chi connectivity index (χ3v) is 4.57. The predicted octanol–water partition coefficient (Wildman–Crippen LogP) is 2.05. The molecule has 1 heterocycles. The largest absolute Gasteiger partial charge is 0.377 e. The van der Waals surface area contributed by atoms with Crippen molar-refractivity contribution < 1.29 is 14.3 Å². The number of nitrogens with zero attached hydrogens (tertiary/aromatic N) is 1. The van der Waals surface area contributed by atoms with E-state index in [9.17, 15) is 9.59 Å². The summed E-state index contributed by atoms with van der Waals surface area (Å²) >= 11 is 0. The molecule has 3 rings (SSSR count). The Morgan fingerprint density at radius 2 is 1.79 bits per heavy atom. The lowest BCUT2D eigenvalue weighted by Crippen LogP contribution is -2.39. The van der Waals surface area contributed by atoms with Crippen LogP contribution in [0.3, 0.4) is 0 Å². The molecular weight excluding hydrogens is 301 g/mol. The molecule has 1 aliphatic rings. The zero-order valence-electron chi connectivity index (χ0n) is 13.7. The van der Waals surface area contributed by atoms with Gasteiger partial charge in [-0.15, -0.1) is 0 Å². The standard InChI is InChI=1S/C19H20BNO3/c1-24-18-12-17(21(19(18)23)20-13-22)11-14-7-9-16(10-8-14)15-5-3-2-4-6-15/h2-10,13,17-18,20H,11-12H2,1H3/t17-,18-/m1/s1. The molecule has 2 aromatic rings. The summed E-state index contributed by atoms with van der Waals surface area (Å²) in [5.41, 5.74) is 3.50. The lowest BCUT2D eigenvalue weighted by atomic mass is 9.91. The summed E-state index contributed by atoms with van der Waals surface area (Å²) in [7, 11) is 1.67. The van der Waals surface area contributed by atoms with Gasteiger partial charge in [0, 0.05) is 19.6 Å². The van der Waals surface area contributed by atoms with E-state index in [0.717, 1.165) is 18.2 Å². The van der Waals surface area contributed by atoms with Crippen molar-refractivity contribution in [2.75, 3.05) is 7.11 Å². The van der Waals surface area contributed by atoms with Crippen LogP contribution in [0, 0.1) is 0 Å². The summed E-state index contributed by atoms with van der Waals surface area (Å²) in [5.74, 6) is -0.0875. The number of hydrogen-bond acceptors (Lipinski definition) is 3. The number of carbonyl (C=O) groups is 2. The maximum absolute atomic E-state index is 12.2. The van der Waals surface area contributed by atoms with E-state index in [1.165, 1.54) is 11.1 Å². The second kappa shape index (κ2) is 7.45. The number of methoxy groups -OCH3 is 1. The van der Waals surface area contributed by atoms with Gasteiger partial charge in [-0.25, -0.2) is 0 Å². The van der Waals surface area contributed by atoms with Crippen LogP contribution in [0.1, 0.15) is 12.0 Å². The average molecular weight is 321 g/mol. The van der Waals surface area contributed by atoms with Crippen molar-refractivity contribution in [3.8, 4) is 11.1 Å². The molecule has 4 nitrogen and oxygen atoms in total. The van der Waals surface area contributed by atoms with Gasteiger partial charge in [0.25, 0.3) is 0 Å². The Hall–Kier alpha value is -2.40. The third kappa shape index (κ3) is 3.41. The van der Waals surface area contributed by atoms with E-state index in [2.05, 4.69) is 36.4 Å². The second-order valence-electron chi connectivity index (χ2n) is 6.04. The van der Waals surface area contributed by atoms with Gasteiger partial charge in [-0.1, -0.05) is 54.6 Å². The molecular formula is C19H20BNO3. The molecule has 0 aliphatic carbocycles. The van der Waals surface area contributed by atoms with E-state index in [1.807, 2.05) is 18.2 Å². The Labute approximate surface area is 142 Å². The summed E-state index contributed by atoms with van der Waals surface area (Å²) in [6.45, 7) is 0. The number of ether oxygens (including phenoxy) is 1. The van der Waals surface area contributed by atoms with Crippen molar-refractivity contribution in [1.29, 1.82) is 0 Å². The maximum Gasteiger partial charge on any atom is 0.313 e. The molecule has 0 bridgehead atoms. The molecule has 2 aromatic carbocycles. The summed E-state index contributed by atoms with van der Waals surface area (Å²) in [4.78, 5) is 24.7. The molecule has 0 spiro atoms. The molecule has 2 atom stereocenters. The fourth-order valence-corrected chi connectivity index (χ4v) is 3.29. The van der Waals surface area contributed by atoms with Gasteiger partial charge in [0.1, 0.15) is 12.3 Å². The first-order chi connectivity index (χ1) is 11.7. The molecule has 0 saturated carbocycles. The minimum Gasteiger partial charge on any atom is -0.377 e. The van der Waals surface area contributed by atoms with E-state index in [1.54, 1.807) is 11.9 Å². The zero-order chi connectivity index (χ0) is 16.9. The highest BCUT2D eigenvalue weighted by atomic mass is 16.5. The molecule has 1 amide bonds. The molecule has 122 valence electrons. The molecule has 5 heteroatoms. The summed E-state index contributed by atoms with van der Waals surface area (Å²) in [6, 6.07) is 18.6. The van der Waals surface area contributed by atoms with E-state index in [-0.39, 0.29) is 19.4 Å². The van der Waals surface area contributed by atoms with Crippen molar-refractivity contribution in [2.24, 2.45) is 0 Å². The Bertz CT molecular complexity index is 702. The van der Waals surface area contributed by atoms with Crippen molar-refractivity contribution >= 4 is 19.5 Å². The van der Waals surface area contributed by atoms with Gasteiger partial charge in [-0.05, 0) is 23.1 Å². The van der Waals surface area contributed by atoms with Crippen LogP contribution in [0.15, 0.2) is 54.6 Å². The molecule has 0 N–H and O–H groups in total. The number of hydrogen-bond donors (Lipinski definition) is 0. The second-order valence-corrected chi connectivity index (χ2v) is 6.04. The molecule has 0 radical (unpaired) electrons. The number of amides is 1. The van der Waals surface area contributed by atoms with Crippen LogP contribution in [0.5, 0.6) is 0 Å². The SMILES string of the molecule is CO[C@@H]1C[C@@H](Cc2ccc(-c3ccccc3)cc2)N(BC=O)C1=O. The van der Waals surface area contributed by atoms with Gasteiger partial charge in [0.15, 0.2) is 0 Å². The fraction of sp³-hybridized carbons (Fsp3) is 0.263. The van der Waals surface area contributed by atoms with Crippen molar-refractivity contribution in [1.82, 2.24) is 4.81 Å². The summed E-state index contributed by atoms with van der Waals surface area (Å²) in [5, 5.41) is 0. The minimum absolute atomic E-state index is 0.00947. The van der Waals surface area contributed by atoms with Gasteiger partial charge in [0.05, 0.1) is 0 Å². The molecule has 24 heavy (non-hydrogen) atoms. The molecule has 0 unspecified atom stereocenters. The quantitative estimate of drug-likeness (QED) is 0.604. The smallest absolute Gasteiger partial charge is 0.313 e. The number of carbonyl (C=O) groups excluding carboxylic acids is 2. The maximum atomic E-state index is 12.2. The first-order valence-electron chi connectivity index (χ1n) is 8.14. The monoisotopic (exact) mass is 321 g/mol. The average Bonchev–Trinajstić information content (AvgIpc) is 2.92. The van der Waals surface area contributed by atoms with E-state index in [4.69, 9.17) is 4.74 Å². The third-order valence-electron chi connectivity index (χ3n) is 4.57. The fourth-order valence-electron chi connectivity index (χ4n) is 3.29.